The highest BCUT2D eigenvalue weighted by Crippen LogP contribution is 2.31. The molecule has 1 nitrogen and oxygen atoms in total. The van der Waals surface area contributed by atoms with Crippen molar-refractivity contribution in [2.24, 2.45) is 5.73 Å². The zero-order valence-corrected chi connectivity index (χ0v) is 11.3. The van der Waals surface area contributed by atoms with Crippen LogP contribution in [0.15, 0.2) is 42.5 Å². The van der Waals surface area contributed by atoms with Crippen LogP contribution in [-0.2, 0) is 19.3 Å². The van der Waals surface area contributed by atoms with Gasteiger partial charge in [0.25, 0.3) is 0 Å². The van der Waals surface area contributed by atoms with Crippen LogP contribution in [0, 0.1) is 5.82 Å². The lowest BCUT2D eigenvalue weighted by Gasteiger charge is -2.23. The number of hydrogen-bond donors (Lipinski definition) is 1. The van der Waals surface area contributed by atoms with Crippen LogP contribution in [0.2, 0.25) is 5.02 Å². The zero-order chi connectivity index (χ0) is 13.5. The third-order valence-corrected chi connectivity index (χ3v) is 4.03. The maximum absolute atomic E-state index is 13.2. The van der Waals surface area contributed by atoms with Crippen LogP contribution in [0.5, 0.6) is 0 Å². The smallest absolute Gasteiger partial charge is 0.141 e. The summed E-state index contributed by atoms with van der Waals surface area (Å²) in [5, 5.41) is 0.164. The largest absolute Gasteiger partial charge is 0.324 e. The van der Waals surface area contributed by atoms with Crippen LogP contribution >= 0.6 is 11.6 Å². The molecule has 2 aromatic carbocycles. The van der Waals surface area contributed by atoms with Crippen LogP contribution in [0.25, 0.3) is 0 Å². The Bertz CT molecular complexity index is 599. The first-order valence-corrected chi connectivity index (χ1v) is 6.73. The Morgan fingerprint density at radius 2 is 1.74 bits per heavy atom. The number of hydrogen-bond acceptors (Lipinski definition) is 1. The van der Waals surface area contributed by atoms with Crippen molar-refractivity contribution in [1.29, 1.82) is 0 Å². The fraction of sp³-hybridized carbons (Fsp3) is 0.250. The van der Waals surface area contributed by atoms with Crippen LogP contribution in [0.1, 0.15) is 16.7 Å². The molecule has 2 N–H and O–H groups in total. The molecule has 2 aromatic rings. The molecule has 0 bridgehead atoms. The van der Waals surface area contributed by atoms with Gasteiger partial charge >= 0.3 is 0 Å². The lowest BCUT2D eigenvalue weighted by atomic mass is 9.89. The third-order valence-electron chi connectivity index (χ3n) is 3.74. The maximum Gasteiger partial charge on any atom is 0.141 e. The normalized spacial score (nSPS) is 16.4. The summed E-state index contributed by atoms with van der Waals surface area (Å²) in [4.78, 5) is 0. The van der Waals surface area contributed by atoms with E-state index in [-0.39, 0.29) is 16.4 Å². The molecule has 3 rings (SSSR count). The van der Waals surface area contributed by atoms with Crippen molar-refractivity contribution in [3.63, 3.8) is 0 Å². The lowest BCUT2D eigenvalue weighted by Crippen LogP contribution is -2.42. The average molecular weight is 276 g/mol. The SMILES string of the molecule is NC1(Cc2ccc(F)c(Cl)c2)Cc2ccccc2C1. The Kier molecular flexibility index (Phi) is 3.08. The molecular formula is C16H15ClFN. The van der Waals surface area contributed by atoms with E-state index < -0.39 is 0 Å². The topological polar surface area (TPSA) is 26.0 Å². The first kappa shape index (κ1) is 12.6. The summed E-state index contributed by atoms with van der Waals surface area (Å²) in [5.41, 5.74) is 9.83. The first-order valence-electron chi connectivity index (χ1n) is 6.35. The molecule has 0 atom stereocenters. The molecule has 0 aromatic heterocycles. The van der Waals surface area contributed by atoms with Gasteiger partial charge in [-0.25, -0.2) is 4.39 Å². The van der Waals surface area contributed by atoms with Crippen LogP contribution < -0.4 is 5.73 Å². The van der Waals surface area contributed by atoms with E-state index in [0.29, 0.717) is 6.42 Å². The van der Waals surface area contributed by atoms with Gasteiger partial charge in [-0.2, -0.15) is 0 Å². The second-order valence-corrected chi connectivity index (χ2v) is 5.82. The molecule has 0 spiro atoms. The van der Waals surface area contributed by atoms with Gasteiger partial charge in [0.05, 0.1) is 5.02 Å². The minimum Gasteiger partial charge on any atom is -0.324 e. The Morgan fingerprint density at radius 1 is 1.11 bits per heavy atom. The van der Waals surface area contributed by atoms with Crippen molar-refractivity contribution in [1.82, 2.24) is 0 Å². The van der Waals surface area contributed by atoms with Gasteiger partial charge in [0.1, 0.15) is 5.82 Å². The summed E-state index contributed by atoms with van der Waals surface area (Å²) in [5.74, 6) is -0.383. The molecule has 0 radical (unpaired) electrons. The predicted molar refractivity (Wildman–Crippen MR) is 75.9 cm³/mol. The third kappa shape index (κ3) is 2.51. The van der Waals surface area contributed by atoms with Crippen molar-refractivity contribution in [2.75, 3.05) is 0 Å². The highest BCUT2D eigenvalue weighted by atomic mass is 35.5. The van der Waals surface area contributed by atoms with Gasteiger partial charge < -0.3 is 5.73 Å². The van der Waals surface area contributed by atoms with E-state index >= 15 is 0 Å². The quantitative estimate of drug-likeness (QED) is 0.892. The van der Waals surface area contributed by atoms with Gasteiger partial charge in [-0.3, -0.25) is 0 Å². The van der Waals surface area contributed by atoms with Gasteiger partial charge in [-0.05, 0) is 48.1 Å². The molecule has 19 heavy (non-hydrogen) atoms. The van der Waals surface area contributed by atoms with Crippen LogP contribution in [-0.4, -0.2) is 5.54 Å². The fourth-order valence-corrected chi connectivity index (χ4v) is 3.11. The monoisotopic (exact) mass is 275 g/mol. The molecule has 0 saturated carbocycles. The number of halogens is 2. The Hall–Kier alpha value is -1.38. The Balaban J connectivity index is 1.83. The van der Waals surface area contributed by atoms with Gasteiger partial charge in [0.15, 0.2) is 0 Å². The summed E-state index contributed by atoms with van der Waals surface area (Å²) < 4.78 is 13.2. The van der Waals surface area contributed by atoms with Crippen molar-refractivity contribution >= 4 is 11.6 Å². The van der Waals surface area contributed by atoms with Crippen molar-refractivity contribution in [3.05, 3.63) is 70.0 Å². The van der Waals surface area contributed by atoms with Crippen molar-refractivity contribution in [2.45, 2.75) is 24.8 Å². The summed E-state index contributed by atoms with van der Waals surface area (Å²) in [7, 11) is 0. The maximum atomic E-state index is 13.2. The number of benzene rings is 2. The van der Waals surface area contributed by atoms with Crippen molar-refractivity contribution in [3.8, 4) is 0 Å². The minimum atomic E-state index is -0.383. The van der Waals surface area contributed by atoms with E-state index in [1.54, 1.807) is 12.1 Å². The van der Waals surface area contributed by atoms with E-state index in [2.05, 4.69) is 12.1 Å². The molecule has 0 saturated heterocycles. The zero-order valence-electron chi connectivity index (χ0n) is 10.5. The predicted octanol–water partition coefficient (Wildman–Crippen LogP) is 3.52. The summed E-state index contributed by atoms with van der Waals surface area (Å²) in [6.45, 7) is 0. The van der Waals surface area contributed by atoms with Crippen LogP contribution in [0.4, 0.5) is 4.39 Å². The standard InChI is InChI=1S/C16H15ClFN/c17-14-7-11(5-6-15(14)18)8-16(19)9-12-3-1-2-4-13(12)10-16/h1-7H,8-10,19H2. The number of rotatable bonds is 2. The first-order chi connectivity index (χ1) is 9.06. The van der Waals surface area contributed by atoms with E-state index in [1.807, 2.05) is 12.1 Å². The van der Waals surface area contributed by atoms with E-state index in [1.165, 1.54) is 17.2 Å². The molecule has 0 heterocycles. The van der Waals surface area contributed by atoms with E-state index in [9.17, 15) is 4.39 Å². The average Bonchev–Trinajstić information content (AvgIpc) is 2.69. The molecule has 3 heteroatoms. The second kappa shape index (κ2) is 4.62. The van der Waals surface area contributed by atoms with Gasteiger partial charge in [-0.15, -0.1) is 0 Å². The molecule has 0 amide bonds. The molecule has 98 valence electrons. The molecular weight excluding hydrogens is 261 g/mol. The minimum absolute atomic E-state index is 0.164. The van der Waals surface area contributed by atoms with Gasteiger partial charge in [0.2, 0.25) is 0 Å². The molecule has 0 unspecified atom stereocenters. The summed E-state index contributed by atoms with van der Waals surface area (Å²) in [6, 6.07) is 13.2. The van der Waals surface area contributed by atoms with Gasteiger partial charge in [0, 0.05) is 5.54 Å². The van der Waals surface area contributed by atoms with Crippen molar-refractivity contribution < 1.29 is 4.39 Å². The summed E-state index contributed by atoms with van der Waals surface area (Å²) in [6.07, 6.45) is 2.43. The lowest BCUT2D eigenvalue weighted by molar-refractivity contribution is 0.446. The molecule has 1 aliphatic carbocycles. The number of fused-ring (bicyclic) bond motifs is 1. The van der Waals surface area contributed by atoms with Gasteiger partial charge in [-0.1, -0.05) is 41.9 Å². The van der Waals surface area contributed by atoms with Crippen LogP contribution in [0.3, 0.4) is 0 Å². The van der Waals surface area contributed by atoms with E-state index in [0.717, 1.165) is 18.4 Å². The highest BCUT2D eigenvalue weighted by Gasteiger charge is 2.33. The number of nitrogens with two attached hydrogens (primary N) is 1. The molecule has 1 aliphatic rings. The molecule has 0 fully saturated rings. The molecule has 0 aliphatic heterocycles. The van der Waals surface area contributed by atoms with E-state index in [4.69, 9.17) is 17.3 Å². The Labute approximate surface area is 117 Å². The fourth-order valence-electron chi connectivity index (χ4n) is 2.90. The highest BCUT2D eigenvalue weighted by molar-refractivity contribution is 6.30. The second-order valence-electron chi connectivity index (χ2n) is 5.41. The Morgan fingerprint density at radius 3 is 2.32 bits per heavy atom. The summed E-state index contributed by atoms with van der Waals surface area (Å²) >= 11 is 5.82.